The predicted octanol–water partition coefficient (Wildman–Crippen LogP) is 1.86. The molecule has 0 saturated carbocycles. The first-order valence-electron chi connectivity index (χ1n) is 14.9. The van der Waals surface area contributed by atoms with E-state index in [9.17, 15) is 19.2 Å². The third-order valence-electron chi connectivity index (χ3n) is 7.47. The summed E-state index contributed by atoms with van der Waals surface area (Å²) in [7, 11) is 0. The monoisotopic (exact) mass is 572 g/mol. The summed E-state index contributed by atoms with van der Waals surface area (Å²) in [6, 6.07) is 7.39. The minimum atomic E-state index is -0.864. The van der Waals surface area contributed by atoms with E-state index in [1.165, 1.54) is 0 Å². The Morgan fingerprint density at radius 2 is 1.41 bits per heavy atom. The molecule has 0 aliphatic carbocycles. The van der Waals surface area contributed by atoms with Crippen LogP contribution in [0.5, 0.6) is 0 Å². The largest absolute Gasteiger partial charge is 0.379 e. The lowest BCUT2D eigenvalue weighted by Crippen LogP contribution is -2.57. The molecule has 0 bridgehead atoms. The van der Waals surface area contributed by atoms with Crippen LogP contribution in [0.3, 0.4) is 0 Å². The van der Waals surface area contributed by atoms with Gasteiger partial charge in [-0.05, 0) is 50.0 Å². The second kappa shape index (κ2) is 15.4. The van der Waals surface area contributed by atoms with Crippen LogP contribution >= 0.6 is 0 Å². The average molecular weight is 573 g/mol. The first-order valence-corrected chi connectivity index (χ1v) is 14.9. The quantitative estimate of drug-likeness (QED) is 0.258. The number of carbonyl (C=O) groups is 4. The summed E-state index contributed by atoms with van der Waals surface area (Å²) < 4.78 is 10.7. The fourth-order valence-corrected chi connectivity index (χ4v) is 5.00. The van der Waals surface area contributed by atoms with Crippen LogP contribution in [0.1, 0.15) is 59.4 Å². The van der Waals surface area contributed by atoms with Gasteiger partial charge < -0.3 is 25.4 Å². The van der Waals surface area contributed by atoms with Crippen molar-refractivity contribution in [2.24, 2.45) is 11.8 Å². The molecule has 41 heavy (non-hydrogen) atoms. The van der Waals surface area contributed by atoms with Crippen molar-refractivity contribution in [3.05, 3.63) is 35.9 Å². The molecule has 10 nitrogen and oxygen atoms in total. The van der Waals surface area contributed by atoms with Crippen molar-refractivity contribution in [1.82, 2.24) is 20.9 Å². The smallest absolute Gasteiger partial charge is 0.243 e. The molecule has 2 heterocycles. The van der Waals surface area contributed by atoms with Crippen LogP contribution in [0.15, 0.2) is 30.3 Å². The van der Waals surface area contributed by atoms with E-state index in [1.807, 2.05) is 62.9 Å². The Kier molecular flexibility index (Phi) is 12.3. The normalized spacial score (nSPS) is 21.1. The van der Waals surface area contributed by atoms with E-state index >= 15 is 0 Å². The molecule has 0 radical (unpaired) electrons. The summed E-state index contributed by atoms with van der Waals surface area (Å²) in [5.41, 5.74) is 0.187. The highest BCUT2D eigenvalue weighted by molar-refractivity contribution is 5.98. The Morgan fingerprint density at radius 3 is 2.00 bits per heavy atom. The van der Waals surface area contributed by atoms with Gasteiger partial charge in [-0.25, -0.2) is 0 Å². The molecule has 1 aromatic rings. The standard InChI is InChI=1S/C31H48N4O6/c1-21(2)17-25(28(37)31(5)20-41-31)33-30(39)26(18-22(3)4)34-29(38)24(12-11-23-9-7-6-8-10-23)32-27(36)19-35-13-15-40-16-14-35/h6-10,21-22,24-26H,11-20H2,1-5H3,(H,32,36)(H,33,39)(H,34,38)/t24-,25-,26-,31+/m0/s1. The van der Waals surface area contributed by atoms with Gasteiger partial charge in [-0.2, -0.15) is 0 Å². The van der Waals surface area contributed by atoms with Gasteiger partial charge in [0.25, 0.3) is 0 Å². The molecule has 0 spiro atoms. The maximum Gasteiger partial charge on any atom is 0.243 e. The minimum Gasteiger partial charge on any atom is -0.379 e. The van der Waals surface area contributed by atoms with Gasteiger partial charge in [0.15, 0.2) is 5.78 Å². The van der Waals surface area contributed by atoms with Crippen molar-refractivity contribution >= 4 is 23.5 Å². The molecule has 4 atom stereocenters. The molecular weight excluding hydrogens is 524 g/mol. The zero-order chi connectivity index (χ0) is 30.0. The van der Waals surface area contributed by atoms with Crippen molar-refractivity contribution in [2.45, 2.75) is 84.0 Å². The number of Topliss-reactive ketones (excluding diaryl/α,β-unsaturated/α-hetero) is 1. The summed E-state index contributed by atoms with van der Waals surface area (Å²) in [5, 5.41) is 8.72. The van der Waals surface area contributed by atoms with E-state index in [4.69, 9.17) is 9.47 Å². The van der Waals surface area contributed by atoms with Crippen molar-refractivity contribution in [2.75, 3.05) is 39.5 Å². The van der Waals surface area contributed by atoms with Gasteiger partial charge in [0.05, 0.1) is 32.4 Å². The lowest BCUT2D eigenvalue weighted by atomic mass is 9.92. The number of nitrogens with zero attached hydrogens (tertiary/aromatic N) is 1. The van der Waals surface area contributed by atoms with Crippen molar-refractivity contribution < 1.29 is 28.7 Å². The number of aryl methyl sites for hydroxylation is 1. The van der Waals surface area contributed by atoms with E-state index in [-0.39, 0.29) is 30.1 Å². The molecule has 3 amide bonds. The first kappa shape index (κ1) is 32.7. The predicted molar refractivity (Wildman–Crippen MR) is 156 cm³/mol. The molecule has 1 aromatic carbocycles. The number of hydrogen-bond acceptors (Lipinski definition) is 7. The van der Waals surface area contributed by atoms with Gasteiger partial charge in [-0.1, -0.05) is 58.0 Å². The summed E-state index contributed by atoms with van der Waals surface area (Å²) >= 11 is 0. The van der Waals surface area contributed by atoms with Gasteiger partial charge >= 0.3 is 0 Å². The number of ether oxygens (including phenoxy) is 2. The van der Waals surface area contributed by atoms with Crippen LogP contribution in [-0.2, 0) is 35.1 Å². The van der Waals surface area contributed by atoms with Crippen LogP contribution in [0.2, 0.25) is 0 Å². The zero-order valence-electron chi connectivity index (χ0n) is 25.2. The van der Waals surface area contributed by atoms with Crippen LogP contribution in [-0.4, -0.2) is 91.6 Å². The number of rotatable bonds is 16. The number of carbonyl (C=O) groups excluding carboxylic acids is 4. The molecule has 3 N–H and O–H groups in total. The Hall–Kier alpha value is -2.82. The Bertz CT molecular complexity index is 1020. The SMILES string of the molecule is CC(C)C[C@H](NC(=O)[C@H](CCc1ccccc1)NC(=O)CN1CCOCC1)C(=O)N[C@@H](CC(C)C)C(=O)[C@@]1(C)CO1. The first-order chi connectivity index (χ1) is 19.5. The second-order valence-electron chi connectivity index (χ2n) is 12.3. The summed E-state index contributed by atoms with van der Waals surface area (Å²) in [6.45, 7) is 12.6. The molecule has 2 aliphatic heterocycles. The molecular formula is C31H48N4O6. The van der Waals surface area contributed by atoms with E-state index in [0.717, 1.165) is 5.56 Å². The molecule has 3 rings (SSSR count). The third-order valence-corrected chi connectivity index (χ3v) is 7.47. The lowest BCUT2D eigenvalue weighted by molar-refractivity contribution is -0.135. The Balaban J connectivity index is 1.71. The van der Waals surface area contributed by atoms with Gasteiger partial charge in [-0.15, -0.1) is 0 Å². The van der Waals surface area contributed by atoms with Crippen LogP contribution < -0.4 is 16.0 Å². The maximum atomic E-state index is 13.6. The number of nitrogens with one attached hydrogen (secondary N) is 3. The molecule has 0 aromatic heterocycles. The molecule has 228 valence electrons. The lowest BCUT2D eigenvalue weighted by Gasteiger charge is -2.28. The highest BCUT2D eigenvalue weighted by atomic mass is 16.6. The van der Waals surface area contributed by atoms with Crippen molar-refractivity contribution in [3.63, 3.8) is 0 Å². The maximum absolute atomic E-state index is 13.6. The fourth-order valence-electron chi connectivity index (χ4n) is 5.00. The van der Waals surface area contributed by atoms with Gasteiger partial charge in [0, 0.05) is 13.1 Å². The van der Waals surface area contributed by atoms with Crippen molar-refractivity contribution in [1.29, 1.82) is 0 Å². The van der Waals surface area contributed by atoms with E-state index < -0.39 is 35.5 Å². The van der Waals surface area contributed by atoms with Crippen molar-refractivity contribution in [3.8, 4) is 0 Å². The minimum absolute atomic E-state index is 0.105. The third kappa shape index (κ3) is 10.8. The van der Waals surface area contributed by atoms with Crippen LogP contribution in [0, 0.1) is 11.8 Å². The number of benzene rings is 1. The fraction of sp³-hybridized carbons (Fsp3) is 0.677. The molecule has 2 fully saturated rings. The van der Waals surface area contributed by atoms with E-state index in [0.29, 0.717) is 58.6 Å². The zero-order valence-corrected chi connectivity index (χ0v) is 25.2. The second-order valence-corrected chi connectivity index (χ2v) is 12.3. The molecule has 10 heteroatoms. The highest BCUT2D eigenvalue weighted by Crippen LogP contribution is 2.29. The topological polar surface area (TPSA) is 129 Å². The highest BCUT2D eigenvalue weighted by Gasteiger charge is 2.50. The van der Waals surface area contributed by atoms with E-state index in [2.05, 4.69) is 16.0 Å². The average Bonchev–Trinajstić information content (AvgIpc) is 3.68. The number of morpholine rings is 1. The summed E-state index contributed by atoms with van der Waals surface area (Å²) in [5.74, 6) is -0.935. The van der Waals surface area contributed by atoms with Gasteiger partial charge in [0.1, 0.15) is 17.7 Å². The molecule has 0 unspecified atom stereocenters. The Labute approximate surface area is 244 Å². The number of hydrogen-bond donors (Lipinski definition) is 3. The molecule has 2 saturated heterocycles. The van der Waals surface area contributed by atoms with E-state index in [1.54, 1.807) is 6.92 Å². The number of epoxide rings is 1. The van der Waals surface area contributed by atoms with Crippen LogP contribution in [0.4, 0.5) is 0 Å². The Morgan fingerprint density at radius 1 is 0.854 bits per heavy atom. The van der Waals surface area contributed by atoms with Gasteiger partial charge in [0.2, 0.25) is 17.7 Å². The van der Waals surface area contributed by atoms with Crippen LogP contribution in [0.25, 0.3) is 0 Å². The number of ketones is 1. The summed E-state index contributed by atoms with van der Waals surface area (Å²) in [6.07, 6.45) is 1.83. The van der Waals surface area contributed by atoms with Gasteiger partial charge in [-0.3, -0.25) is 24.1 Å². The molecule has 2 aliphatic rings. The summed E-state index contributed by atoms with van der Waals surface area (Å²) in [4.78, 5) is 55.2. The number of amides is 3.